The van der Waals surface area contributed by atoms with E-state index >= 15 is 0 Å². The molecule has 0 aromatic carbocycles. The van der Waals surface area contributed by atoms with Crippen molar-refractivity contribution in [1.29, 1.82) is 0 Å². The van der Waals surface area contributed by atoms with E-state index in [2.05, 4.69) is 9.78 Å². The van der Waals surface area contributed by atoms with Gasteiger partial charge in [-0.1, -0.05) is 41.5 Å². The normalized spacial score (nSPS) is 15.0. The Hall–Kier alpha value is -0.890. The minimum Gasteiger partial charge on any atom is -0.434 e. The molecule has 0 aromatic heterocycles. The molecule has 0 aromatic rings. The van der Waals surface area contributed by atoms with E-state index in [4.69, 9.17) is 20.0 Å². The first-order chi connectivity index (χ1) is 11.0. The molecule has 0 heterocycles. The highest BCUT2D eigenvalue weighted by atomic mass is 17.1. The maximum Gasteiger partial charge on any atom is 0.508 e. The van der Waals surface area contributed by atoms with E-state index in [0.29, 0.717) is 25.7 Å². The fourth-order valence-corrected chi connectivity index (χ4v) is 2.18. The summed E-state index contributed by atoms with van der Waals surface area (Å²) in [7, 11) is 0. The van der Waals surface area contributed by atoms with Crippen LogP contribution in [-0.4, -0.2) is 42.1 Å². The second kappa shape index (κ2) is 10.9. The molecule has 0 saturated carbocycles. The van der Waals surface area contributed by atoms with Gasteiger partial charge in [0.25, 0.3) is 0 Å². The number of rotatable bonds is 10. The molecule has 7 nitrogen and oxygen atoms in total. The summed E-state index contributed by atoms with van der Waals surface area (Å²) < 4.78 is 9.94. The lowest BCUT2D eigenvalue weighted by atomic mass is 9.86. The van der Waals surface area contributed by atoms with E-state index < -0.39 is 6.16 Å². The maximum atomic E-state index is 11.5. The number of ether oxygens (including phenoxy) is 2. The van der Waals surface area contributed by atoms with Gasteiger partial charge in [0.1, 0.15) is 0 Å². The summed E-state index contributed by atoms with van der Waals surface area (Å²) in [6.45, 7) is 12.2. The smallest absolute Gasteiger partial charge is 0.434 e. The van der Waals surface area contributed by atoms with Crippen LogP contribution in [0.3, 0.4) is 0 Å². The van der Waals surface area contributed by atoms with Crippen LogP contribution in [0.2, 0.25) is 0 Å². The van der Waals surface area contributed by atoms with Crippen LogP contribution in [0.5, 0.6) is 0 Å². The molecule has 144 valence electrons. The highest BCUT2D eigenvalue weighted by Crippen LogP contribution is 2.26. The minimum absolute atomic E-state index is 0.187. The van der Waals surface area contributed by atoms with Crippen LogP contribution in [0.4, 0.5) is 4.79 Å². The van der Waals surface area contributed by atoms with Crippen molar-refractivity contribution < 1.29 is 34.6 Å². The first kappa shape index (κ1) is 23.1. The van der Waals surface area contributed by atoms with Gasteiger partial charge >= 0.3 is 6.16 Å². The molecule has 0 radical (unpaired) electrons. The van der Waals surface area contributed by atoms with Crippen LogP contribution in [0.15, 0.2) is 0 Å². The average molecular weight is 350 g/mol. The van der Waals surface area contributed by atoms with Crippen molar-refractivity contribution >= 4 is 6.16 Å². The fourth-order valence-electron chi connectivity index (χ4n) is 2.18. The molecule has 2 unspecified atom stereocenters. The predicted octanol–water partition coefficient (Wildman–Crippen LogP) is 4.51. The van der Waals surface area contributed by atoms with E-state index in [-0.39, 0.29) is 36.3 Å². The summed E-state index contributed by atoms with van der Waals surface area (Å²) in [5.41, 5.74) is -0.374. The number of hydrogen-bond acceptors (Lipinski definition) is 7. The summed E-state index contributed by atoms with van der Waals surface area (Å²) in [6, 6.07) is 0. The maximum absolute atomic E-state index is 11.5. The third-order valence-electron chi connectivity index (χ3n) is 3.85. The lowest BCUT2D eigenvalue weighted by Crippen LogP contribution is -2.29. The molecule has 0 amide bonds. The van der Waals surface area contributed by atoms with Crippen molar-refractivity contribution in [2.24, 2.45) is 10.8 Å². The molecule has 7 heteroatoms. The van der Waals surface area contributed by atoms with Gasteiger partial charge in [0.05, 0.1) is 25.4 Å². The van der Waals surface area contributed by atoms with Gasteiger partial charge in [-0.25, -0.2) is 14.6 Å². The van der Waals surface area contributed by atoms with Gasteiger partial charge in [-0.05, 0) is 36.5 Å². The van der Waals surface area contributed by atoms with E-state index in [0.717, 1.165) is 0 Å². The molecule has 0 aliphatic heterocycles. The molecule has 0 spiro atoms. The summed E-state index contributed by atoms with van der Waals surface area (Å²) in [5, 5.41) is 17.8. The second-order valence-corrected chi connectivity index (χ2v) is 8.15. The summed E-state index contributed by atoms with van der Waals surface area (Å²) >= 11 is 0. The average Bonchev–Trinajstić information content (AvgIpc) is 2.44. The Balaban J connectivity index is 3.81. The summed E-state index contributed by atoms with van der Waals surface area (Å²) in [6.07, 6.45) is 0.951. The lowest BCUT2D eigenvalue weighted by molar-refractivity contribution is -0.301. The van der Waals surface area contributed by atoms with Crippen molar-refractivity contribution in [2.45, 2.75) is 79.4 Å². The Labute approximate surface area is 145 Å². The summed E-state index contributed by atoms with van der Waals surface area (Å²) in [5.74, 6) is 0. The number of carbonyl (C=O) groups is 1. The third kappa shape index (κ3) is 10.1. The van der Waals surface area contributed by atoms with Crippen molar-refractivity contribution in [3.63, 3.8) is 0 Å². The van der Waals surface area contributed by atoms with Gasteiger partial charge < -0.3 is 9.47 Å². The van der Waals surface area contributed by atoms with Gasteiger partial charge in [0, 0.05) is 0 Å². The first-order valence-corrected chi connectivity index (χ1v) is 8.42. The lowest BCUT2D eigenvalue weighted by Gasteiger charge is -2.27. The van der Waals surface area contributed by atoms with Crippen molar-refractivity contribution in [3.05, 3.63) is 0 Å². The van der Waals surface area contributed by atoms with Crippen LogP contribution in [0.1, 0.15) is 67.2 Å². The molecule has 0 rings (SSSR count). The van der Waals surface area contributed by atoms with Crippen molar-refractivity contribution in [2.75, 3.05) is 13.2 Å². The molecule has 0 aliphatic rings. The molecule has 24 heavy (non-hydrogen) atoms. The van der Waals surface area contributed by atoms with E-state index in [1.54, 1.807) is 0 Å². The van der Waals surface area contributed by atoms with Crippen molar-refractivity contribution in [3.8, 4) is 0 Å². The Morgan fingerprint density at radius 1 is 0.792 bits per heavy atom. The third-order valence-corrected chi connectivity index (χ3v) is 3.85. The highest BCUT2D eigenvalue weighted by molar-refractivity contribution is 5.59. The Kier molecular flexibility index (Phi) is 10.5. The van der Waals surface area contributed by atoms with Gasteiger partial charge in [-0.2, -0.15) is 0 Å². The van der Waals surface area contributed by atoms with Gasteiger partial charge in [-0.3, -0.25) is 10.5 Å². The molecule has 2 N–H and O–H groups in total. The molecule has 0 bridgehead atoms. The Bertz CT molecular complexity index is 312. The topological polar surface area (TPSA) is 94.5 Å². The molecule has 0 saturated heterocycles. The molecule has 2 atom stereocenters. The van der Waals surface area contributed by atoms with Crippen LogP contribution in [0, 0.1) is 10.8 Å². The standard InChI is InChI=1S/C17H34O7/c1-16(2,3)13(23-19)9-7-11-21-15(18)22-12-8-10-14(24-20)17(4,5)6/h13-14,19-20H,7-12H2,1-6H3. The van der Waals surface area contributed by atoms with Crippen LogP contribution in [-0.2, 0) is 19.2 Å². The van der Waals surface area contributed by atoms with Gasteiger partial charge in [-0.15, -0.1) is 0 Å². The molecule has 0 aliphatic carbocycles. The quantitative estimate of drug-likeness (QED) is 0.259. The zero-order valence-corrected chi connectivity index (χ0v) is 15.8. The Morgan fingerprint density at radius 3 is 1.38 bits per heavy atom. The molecular formula is C17H34O7. The zero-order chi connectivity index (χ0) is 18.8. The number of carbonyl (C=O) groups excluding carboxylic acids is 1. The summed E-state index contributed by atoms with van der Waals surface area (Å²) in [4.78, 5) is 20.4. The van der Waals surface area contributed by atoms with Gasteiger partial charge in [0.2, 0.25) is 0 Å². The van der Waals surface area contributed by atoms with Crippen molar-refractivity contribution in [1.82, 2.24) is 0 Å². The number of hydrogen-bond donors (Lipinski definition) is 2. The molecular weight excluding hydrogens is 316 g/mol. The van der Waals surface area contributed by atoms with Crippen LogP contribution >= 0.6 is 0 Å². The minimum atomic E-state index is -0.718. The Morgan fingerprint density at radius 2 is 1.12 bits per heavy atom. The fraction of sp³-hybridized carbons (Fsp3) is 0.941. The van der Waals surface area contributed by atoms with Crippen LogP contribution in [0.25, 0.3) is 0 Å². The second-order valence-electron chi connectivity index (χ2n) is 8.15. The van der Waals surface area contributed by atoms with E-state index in [9.17, 15) is 4.79 Å². The van der Waals surface area contributed by atoms with Gasteiger partial charge in [0.15, 0.2) is 0 Å². The zero-order valence-electron chi connectivity index (χ0n) is 15.8. The monoisotopic (exact) mass is 350 g/mol. The van der Waals surface area contributed by atoms with E-state index in [1.165, 1.54) is 0 Å². The first-order valence-electron chi connectivity index (χ1n) is 8.42. The van der Waals surface area contributed by atoms with Crippen LogP contribution < -0.4 is 0 Å². The predicted molar refractivity (Wildman–Crippen MR) is 89.7 cm³/mol. The van der Waals surface area contributed by atoms with E-state index in [1.807, 2.05) is 41.5 Å². The SMILES string of the molecule is CC(C)(C)C(CCCOC(=O)OCCCC(OO)C(C)(C)C)OO. The highest BCUT2D eigenvalue weighted by Gasteiger charge is 2.26. The molecule has 0 fully saturated rings. The largest absolute Gasteiger partial charge is 0.508 e.